The summed E-state index contributed by atoms with van der Waals surface area (Å²) in [5.41, 5.74) is 4.26. The lowest BCUT2D eigenvalue weighted by molar-refractivity contribution is 0.627. The summed E-state index contributed by atoms with van der Waals surface area (Å²) in [7, 11) is 1.98. The van der Waals surface area contributed by atoms with Crippen molar-refractivity contribution in [1.82, 2.24) is 4.57 Å². The van der Waals surface area contributed by atoms with Gasteiger partial charge in [0, 0.05) is 18.4 Å². The average molecular weight is 254 g/mol. The monoisotopic (exact) mass is 254 g/mol. The molecule has 0 saturated heterocycles. The van der Waals surface area contributed by atoms with E-state index in [-0.39, 0.29) is 5.82 Å². The van der Waals surface area contributed by atoms with Gasteiger partial charge in [-0.3, -0.25) is 0 Å². The Labute approximate surface area is 112 Å². The molecule has 19 heavy (non-hydrogen) atoms. The second kappa shape index (κ2) is 5.11. The first kappa shape index (κ1) is 13.1. The van der Waals surface area contributed by atoms with Gasteiger partial charge in [-0.25, -0.2) is 4.39 Å². The molecular weight excluding hydrogens is 239 g/mol. The number of halogens is 1. The minimum Gasteiger partial charge on any atom is -0.352 e. The van der Waals surface area contributed by atoms with Crippen molar-refractivity contribution in [1.29, 1.82) is 5.26 Å². The first-order chi connectivity index (χ1) is 9.02. The molecule has 1 aromatic heterocycles. The van der Waals surface area contributed by atoms with Crippen molar-refractivity contribution >= 4 is 11.6 Å². The van der Waals surface area contributed by atoms with Crippen LogP contribution in [0.3, 0.4) is 0 Å². The summed E-state index contributed by atoms with van der Waals surface area (Å²) in [6.07, 6.45) is 1.80. The molecule has 2 rings (SSSR count). The largest absolute Gasteiger partial charge is 0.352 e. The maximum Gasteiger partial charge on any atom is 0.123 e. The molecule has 2 nitrogen and oxygen atoms in total. The van der Waals surface area contributed by atoms with Gasteiger partial charge in [0.2, 0.25) is 0 Å². The maximum absolute atomic E-state index is 13.2. The van der Waals surface area contributed by atoms with Crippen molar-refractivity contribution < 1.29 is 4.39 Å². The van der Waals surface area contributed by atoms with Crippen LogP contribution in [0, 0.1) is 31.0 Å². The fourth-order valence-electron chi connectivity index (χ4n) is 2.02. The maximum atomic E-state index is 13.2. The summed E-state index contributed by atoms with van der Waals surface area (Å²) in [6, 6.07) is 10.3. The zero-order valence-corrected chi connectivity index (χ0v) is 11.2. The zero-order valence-electron chi connectivity index (χ0n) is 11.2. The molecule has 0 atom stereocenters. The number of aryl methyl sites for hydroxylation is 1. The Bertz CT molecular complexity index is 687. The number of aromatic nitrogens is 1. The molecule has 0 unspecified atom stereocenters. The number of rotatable bonds is 2. The van der Waals surface area contributed by atoms with E-state index in [9.17, 15) is 9.65 Å². The van der Waals surface area contributed by atoms with E-state index < -0.39 is 0 Å². The third kappa shape index (κ3) is 2.58. The predicted molar refractivity (Wildman–Crippen MR) is 74.8 cm³/mol. The van der Waals surface area contributed by atoms with Gasteiger partial charge in [-0.1, -0.05) is 12.1 Å². The van der Waals surface area contributed by atoms with Crippen LogP contribution in [-0.4, -0.2) is 4.57 Å². The second-order valence-electron chi connectivity index (χ2n) is 4.57. The van der Waals surface area contributed by atoms with Gasteiger partial charge in [0.15, 0.2) is 0 Å². The molecule has 0 aliphatic rings. The molecule has 0 bridgehead atoms. The van der Waals surface area contributed by atoms with Gasteiger partial charge in [0.25, 0.3) is 0 Å². The summed E-state index contributed by atoms with van der Waals surface area (Å²) in [6.45, 7) is 4.01. The van der Waals surface area contributed by atoms with Crippen molar-refractivity contribution in [3.63, 3.8) is 0 Å². The van der Waals surface area contributed by atoms with E-state index in [2.05, 4.69) is 10.6 Å². The standard InChI is InChI=1S/C16H15FN2/c1-11-7-14(12(2)19(11)3)8-15(10-18)13-5-4-6-16(17)9-13/h4-9H,1-3H3/b15-8-. The number of nitriles is 1. The lowest BCUT2D eigenvalue weighted by Crippen LogP contribution is -1.93. The highest BCUT2D eigenvalue weighted by Crippen LogP contribution is 2.22. The molecule has 0 radical (unpaired) electrons. The summed E-state index contributed by atoms with van der Waals surface area (Å²) < 4.78 is 15.3. The van der Waals surface area contributed by atoms with Crippen LogP contribution in [0.15, 0.2) is 30.3 Å². The van der Waals surface area contributed by atoms with Crippen LogP contribution in [0.2, 0.25) is 0 Å². The van der Waals surface area contributed by atoms with Gasteiger partial charge < -0.3 is 4.57 Å². The highest BCUT2D eigenvalue weighted by molar-refractivity contribution is 5.90. The van der Waals surface area contributed by atoms with Crippen molar-refractivity contribution in [2.75, 3.05) is 0 Å². The van der Waals surface area contributed by atoms with Crippen molar-refractivity contribution in [2.45, 2.75) is 13.8 Å². The Morgan fingerprint density at radius 2 is 2.05 bits per heavy atom. The molecule has 0 N–H and O–H groups in total. The van der Waals surface area contributed by atoms with E-state index in [1.54, 1.807) is 18.2 Å². The first-order valence-corrected chi connectivity index (χ1v) is 6.03. The van der Waals surface area contributed by atoms with Crippen LogP contribution >= 0.6 is 0 Å². The Morgan fingerprint density at radius 3 is 2.58 bits per heavy atom. The van der Waals surface area contributed by atoms with Crippen LogP contribution in [0.4, 0.5) is 4.39 Å². The molecule has 0 aliphatic carbocycles. The molecule has 96 valence electrons. The Balaban J connectivity index is 2.51. The fraction of sp³-hybridized carbons (Fsp3) is 0.188. The highest BCUT2D eigenvalue weighted by atomic mass is 19.1. The number of allylic oxidation sites excluding steroid dienone is 1. The van der Waals surface area contributed by atoms with Crippen LogP contribution in [-0.2, 0) is 7.05 Å². The van der Waals surface area contributed by atoms with Crippen molar-refractivity contribution in [2.24, 2.45) is 7.05 Å². The Kier molecular flexibility index (Phi) is 3.52. The van der Waals surface area contributed by atoms with E-state index in [4.69, 9.17) is 0 Å². The molecule has 3 heteroatoms. The third-order valence-electron chi connectivity index (χ3n) is 3.37. The molecule has 1 heterocycles. The summed E-state index contributed by atoms with van der Waals surface area (Å²) in [5, 5.41) is 9.25. The third-order valence-corrected chi connectivity index (χ3v) is 3.37. The summed E-state index contributed by atoms with van der Waals surface area (Å²) in [5.74, 6) is -0.334. The van der Waals surface area contributed by atoms with E-state index in [0.717, 1.165) is 17.0 Å². The molecule has 0 fully saturated rings. The fourth-order valence-corrected chi connectivity index (χ4v) is 2.02. The first-order valence-electron chi connectivity index (χ1n) is 6.03. The molecule has 0 spiro atoms. The van der Waals surface area contributed by atoms with Gasteiger partial charge in [-0.15, -0.1) is 0 Å². The lowest BCUT2D eigenvalue weighted by atomic mass is 10.0. The van der Waals surface area contributed by atoms with Gasteiger partial charge in [-0.2, -0.15) is 5.26 Å². The summed E-state index contributed by atoms with van der Waals surface area (Å²) in [4.78, 5) is 0. The quantitative estimate of drug-likeness (QED) is 0.748. The Hall–Kier alpha value is -2.34. The average Bonchev–Trinajstić information content (AvgIpc) is 2.63. The highest BCUT2D eigenvalue weighted by Gasteiger charge is 2.07. The molecular formula is C16H15FN2. The SMILES string of the molecule is Cc1cc(/C=C(/C#N)c2cccc(F)c2)c(C)n1C. The van der Waals surface area contributed by atoms with Gasteiger partial charge in [0.05, 0.1) is 11.6 Å². The van der Waals surface area contributed by atoms with Crippen LogP contribution in [0.25, 0.3) is 11.6 Å². The van der Waals surface area contributed by atoms with Gasteiger partial charge in [-0.05, 0) is 49.2 Å². The second-order valence-corrected chi connectivity index (χ2v) is 4.57. The number of hydrogen-bond acceptors (Lipinski definition) is 1. The molecule has 0 amide bonds. The molecule has 0 aliphatic heterocycles. The van der Waals surface area contributed by atoms with Gasteiger partial charge >= 0.3 is 0 Å². The number of nitrogens with zero attached hydrogens (tertiary/aromatic N) is 2. The van der Waals surface area contributed by atoms with Crippen LogP contribution in [0.1, 0.15) is 22.5 Å². The van der Waals surface area contributed by atoms with E-state index in [0.29, 0.717) is 11.1 Å². The van der Waals surface area contributed by atoms with Crippen LogP contribution < -0.4 is 0 Å². The Morgan fingerprint density at radius 1 is 1.32 bits per heavy atom. The van der Waals surface area contributed by atoms with E-state index in [1.807, 2.05) is 27.0 Å². The smallest absolute Gasteiger partial charge is 0.123 e. The number of benzene rings is 1. The topological polar surface area (TPSA) is 28.7 Å². The minimum atomic E-state index is -0.334. The van der Waals surface area contributed by atoms with Crippen LogP contribution in [0.5, 0.6) is 0 Å². The normalized spacial score (nSPS) is 11.4. The molecule has 0 saturated carbocycles. The molecule has 2 aromatic rings. The molecule has 1 aromatic carbocycles. The lowest BCUT2D eigenvalue weighted by Gasteiger charge is -2.01. The number of hydrogen-bond donors (Lipinski definition) is 0. The van der Waals surface area contributed by atoms with Crippen molar-refractivity contribution in [3.8, 4) is 6.07 Å². The minimum absolute atomic E-state index is 0.334. The van der Waals surface area contributed by atoms with E-state index in [1.165, 1.54) is 12.1 Å². The summed E-state index contributed by atoms with van der Waals surface area (Å²) >= 11 is 0. The predicted octanol–water partition coefficient (Wildman–Crippen LogP) is 3.85. The zero-order chi connectivity index (χ0) is 14.0. The van der Waals surface area contributed by atoms with Gasteiger partial charge in [0.1, 0.15) is 5.82 Å². The van der Waals surface area contributed by atoms with E-state index >= 15 is 0 Å². The van der Waals surface area contributed by atoms with Crippen molar-refractivity contribution in [3.05, 3.63) is 58.7 Å².